The van der Waals surface area contributed by atoms with Crippen LogP contribution in [-0.4, -0.2) is 48.2 Å². The molecule has 2 fully saturated rings. The zero-order chi connectivity index (χ0) is 16.9. The third-order valence-corrected chi connectivity index (χ3v) is 5.22. The van der Waals surface area contributed by atoms with Crippen molar-refractivity contribution in [3.8, 4) is 0 Å². The van der Waals surface area contributed by atoms with Crippen molar-refractivity contribution in [2.75, 3.05) is 20.1 Å². The van der Waals surface area contributed by atoms with Gasteiger partial charge < -0.3 is 15.2 Å². The van der Waals surface area contributed by atoms with E-state index in [0.717, 1.165) is 30.0 Å². The molecule has 0 aromatic carbocycles. The number of nitrogens with zero attached hydrogens (tertiary/aromatic N) is 3. The second kappa shape index (κ2) is 8.01. The van der Waals surface area contributed by atoms with Gasteiger partial charge in [0.1, 0.15) is 0 Å². The summed E-state index contributed by atoms with van der Waals surface area (Å²) >= 11 is 0. The van der Waals surface area contributed by atoms with Crippen LogP contribution in [0, 0.1) is 0 Å². The molecule has 24 heavy (non-hydrogen) atoms. The summed E-state index contributed by atoms with van der Waals surface area (Å²) in [6.07, 6.45) is 6.75. The highest BCUT2D eigenvalue weighted by Gasteiger charge is 2.30. The largest absolute Gasteiger partial charge is 0.359 e. The van der Waals surface area contributed by atoms with Crippen LogP contribution in [0.1, 0.15) is 63.3 Å². The fraction of sp³-hybridized carbons (Fsp3) is 0.778. The minimum atomic E-state index is 0.389. The minimum absolute atomic E-state index is 0.389. The Morgan fingerprint density at radius 1 is 1.38 bits per heavy atom. The van der Waals surface area contributed by atoms with Crippen LogP contribution in [0.15, 0.2) is 15.6 Å². The first-order valence-electron chi connectivity index (χ1n) is 9.32. The van der Waals surface area contributed by atoms with Crippen LogP contribution in [0.25, 0.3) is 0 Å². The Morgan fingerprint density at radius 2 is 2.17 bits per heavy atom. The van der Waals surface area contributed by atoms with Gasteiger partial charge in [-0.25, -0.2) is 0 Å². The number of likely N-dealkylation sites (tertiary alicyclic amines) is 1. The normalized spacial score (nSPS) is 23.3. The van der Waals surface area contributed by atoms with Crippen LogP contribution in [0.5, 0.6) is 0 Å². The predicted molar refractivity (Wildman–Crippen MR) is 96.2 cm³/mol. The maximum atomic E-state index is 5.37. The van der Waals surface area contributed by atoms with E-state index in [1.165, 1.54) is 38.6 Å². The van der Waals surface area contributed by atoms with Gasteiger partial charge in [0.15, 0.2) is 11.7 Å². The van der Waals surface area contributed by atoms with Crippen LogP contribution in [0.2, 0.25) is 0 Å². The van der Waals surface area contributed by atoms with Gasteiger partial charge in [-0.1, -0.05) is 31.8 Å². The Labute approximate surface area is 145 Å². The first kappa shape index (κ1) is 17.3. The highest BCUT2D eigenvalue weighted by molar-refractivity contribution is 5.79. The van der Waals surface area contributed by atoms with Gasteiger partial charge in [-0.3, -0.25) is 9.89 Å². The molecule has 1 aliphatic carbocycles. The molecule has 6 nitrogen and oxygen atoms in total. The molecule has 6 heteroatoms. The number of aliphatic imine (C=N–C) groups is 1. The summed E-state index contributed by atoms with van der Waals surface area (Å²) in [5.74, 6) is 2.08. The van der Waals surface area contributed by atoms with Gasteiger partial charge in [-0.2, -0.15) is 0 Å². The van der Waals surface area contributed by atoms with Crippen molar-refractivity contribution in [3.05, 3.63) is 17.5 Å². The summed E-state index contributed by atoms with van der Waals surface area (Å²) in [5, 5.41) is 11.0. The molecule has 1 aromatic heterocycles. The number of guanidine groups is 1. The van der Waals surface area contributed by atoms with Gasteiger partial charge in [0.25, 0.3) is 0 Å². The van der Waals surface area contributed by atoms with E-state index in [9.17, 15) is 0 Å². The predicted octanol–water partition coefficient (Wildman–Crippen LogP) is 2.48. The van der Waals surface area contributed by atoms with E-state index in [2.05, 4.69) is 39.5 Å². The Morgan fingerprint density at radius 3 is 2.83 bits per heavy atom. The molecule has 134 valence electrons. The monoisotopic (exact) mass is 333 g/mol. The molecule has 0 spiro atoms. The van der Waals surface area contributed by atoms with Gasteiger partial charge >= 0.3 is 0 Å². The lowest BCUT2D eigenvalue weighted by Crippen LogP contribution is -2.45. The van der Waals surface area contributed by atoms with Crippen LogP contribution in [-0.2, 0) is 6.54 Å². The molecular formula is C18H31N5O. The van der Waals surface area contributed by atoms with Crippen LogP contribution >= 0.6 is 0 Å². The SMILES string of the molecule is CN=C(NCc1cc(C(C)C)no1)NC1CCN(C2CCCC2)C1. The van der Waals surface area contributed by atoms with Crippen LogP contribution in [0.3, 0.4) is 0 Å². The van der Waals surface area contributed by atoms with E-state index in [1.807, 2.05) is 13.1 Å². The number of hydrogen-bond donors (Lipinski definition) is 2. The maximum absolute atomic E-state index is 5.37. The summed E-state index contributed by atoms with van der Waals surface area (Å²) in [4.78, 5) is 7.00. The van der Waals surface area contributed by atoms with Gasteiger partial charge in [-0.05, 0) is 25.2 Å². The first-order valence-corrected chi connectivity index (χ1v) is 9.32. The number of aromatic nitrogens is 1. The molecule has 0 radical (unpaired) electrons. The maximum Gasteiger partial charge on any atom is 0.191 e. The average molecular weight is 333 g/mol. The van der Waals surface area contributed by atoms with E-state index >= 15 is 0 Å². The summed E-state index contributed by atoms with van der Waals surface area (Å²) in [6, 6.07) is 3.32. The Kier molecular flexibility index (Phi) is 5.76. The standard InChI is InChI=1S/C18H31N5O/c1-13(2)17-10-16(24-22-17)11-20-18(19-3)21-14-8-9-23(12-14)15-6-4-5-7-15/h10,13-15H,4-9,11-12H2,1-3H3,(H2,19,20,21). The van der Waals surface area contributed by atoms with Crippen molar-refractivity contribution in [1.29, 1.82) is 0 Å². The Balaban J connectivity index is 1.45. The van der Waals surface area contributed by atoms with E-state index in [4.69, 9.17) is 4.52 Å². The summed E-state index contributed by atoms with van der Waals surface area (Å²) in [5.41, 5.74) is 0.998. The van der Waals surface area contributed by atoms with Gasteiger partial charge in [0, 0.05) is 38.3 Å². The van der Waals surface area contributed by atoms with E-state index < -0.39 is 0 Å². The third-order valence-electron chi connectivity index (χ3n) is 5.22. The molecule has 2 heterocycles. The molecule has 1 unspecified atom stereocenters. The highest BCUT2D eigenvalue weighted by atomic mass is 16.5. The fourth-order valence-electron chi connectivity index (χ4n) is 3.75. The lowest BCUT2D eigenvalue weighted by Gasteiger charge is -2.24. The second-order valence-electron chi connectivity index (χ2n) is 7.36. The van der Waals surface area contributed by atoms with Crippen molar-refractivity contribution >= 4 is 5.96 Å². The molecule has 1 aromatic rings. The number of nitrogens with one attached hydrogen (secondary N) is 2. The summed E-state index contributed by atoms with van der Waals surface area (Å²) in [7, 11) is 1.82. The number of hydrogen-bond acceptors (Lipinski definition) is 4. The topological polar surface area (TPSA) is 65.7 Å². The lowest BCUT2D eigenvalue weighted by molar-refractivity contribution is 0.242. The van der Waals surface area contributed by atoms with Gasteiger partial charge in [0.2, 0.25) is 0 Å². The quantitative estimate of drug-likeness (QED) is 0.640. The third kappa shape index (κ3) is 4.29. The van der Waals surface area contributed by atoms with E-state index in [0.29, 0.717) is 18.5 Å². The van der Waals surface area contributed by atoms with Gasteiger partial charge in [-0.15, -0.1) is 0 Å². The Hall–Kier alpha value is -1.56. The van der Waals surface area contributed by atoms with E-state index in [1.54, 1.807) is 0 Å². The smallest absolute Gasteiger partial charge is 0.191 e. The molecule has 0 amide bonds. The van der Waals surface area contributed by atoms with Crippen molar-refractivity contribution < 1.29 is 4.52 Å². The van der Waals surface area contributed by atoms with E-state index in [-0.39, 0.29) is 0 Å². The molecule has 1 saturated heterocycles. The fourth-order valence-corrected chi connectivity index (χ4v) is 3.75. The zero-order valence-electron chi connectivity index (χ0n) is 15.2. The highest BCUT2D eigenvalue weighted by Crippen LogP contribution is 2.26. The Bertz CT molecular complexity index is 547. The molecule has 1 atom stereocenters. The van der Waals surface area contributed by atoms with Crippen LogP contribution in [0.4, 0.5) is 0 Å². The number of rotatable bonds is 5. The molecule has 1 aliphatic heterocycles. The molecule has 2 aliphatic rings. The zero-order valence-corrected chi connectivity index (χ0v) is 15.2. The molecular weight excluding hydrogens is 302 g/mol. The molecule has 0 bridgehead atoms. The second-order valence-corrected chi connectivity index (χ2v) is 7.36. The van der Waals surface area contributed by atoms with Crippen molar-refractivity contribution in [2.24, 2.45) is 4.99 Å². The molecule has 3 rings (SSSR count). The van der Waals surface area contributed by atoms with Crippen molar-refractivity contribution in [3.63, 3.8) is 0 Å². The van der Waals surface area contributed by atoms with Gasteiger partial charge in [0.05, 0.1) is 12.2 Å². The minimum Gasteiger partial charge on any atom is -0.359 e. The summed E-state index contributed by atoms with van der Waals surface area (Å²) < 4.78 is 5.37. The van der Waals surface area contributed by atoms with Crippen LogP contribution < -0.4 is 10.6 Å². The summed E-state index contributed by atoms with van der Waals surface area (Å²) in [6.45, 7) is 7.18. The first-order chi connectivity index (χ1) is 11.7. The lowest BCUT2D eigenvalue weighted by atomic mass is 10.1. The van der Waals surface area contributed by atoms with Crippen molar-refractivity contribution in [1.82, 2.24) is 20.7 Å². The molecule has 1 saturated carbocycles. The van der Waals surface area contributed by atoms with Crippen molar-refractivity contribution in [2.45, 2.75) is 70.5 Å². The average Bonchev–Trinajstić information content (AvgIpc) is 3.31. The molecule has 2 N–H and O–H groups in total.